The fourth-order valence-electron chi connectivity index (χ4n) is 1.85. The Hall–Kier alpha value is -3.54. The molecule has 1 heterocycles. The van der Waals surface area contributed by atoms with Crippen molar-refractivity contribution in [3.8, 4) is 18.2 Å². The minimum absolute atomic E-state index is 0.0102. The summed E-state index contributed by atoms with van der Waals surface area (Å²) in [6, 6.07) is 13.9. The lowest BCUT2D eigenvalue weighted by Crippen LogP contribution is -2.20. The van der Waals surface area contributed by atoms with Gasteiger partial charge in [-0.15, -0.1) is 0 Å². The number of carbonyl (C=O) groups is 1. The molecule has 24 heavy (non-hydrogen) atoms. The van der Waals surface area contributed by atoms with Gasteiger partial charge in [0.15, 0.2) is 5.03 Å². The number of hydrogen-bond acceptors (Lipinski definition) is 6. The van der Waals surface area contributed by atoms with Crippen molar-refractivity contribution < 1.29 is 9.78 Å². The van der Waals surface area contributed by atoms with E-state index in [4.69, 9.17) is 21.5 Å². The topological polar surface area (TPSA) is 141 Å². The zero-order valence-corrected chi connectivity index (χ0v) is 13.1. The number of nitrogen functional groups attached to an aromatic ring is 1. The minimum Gasteiger partial charge on any atom is -0.324 e. The number of nitrogens with two attached hydrogens (primary N) is 1. The third-order valence-electron chi connectivity index (χ3n) is 2.98. The number of rotatable bonds is 4. The highest BCUT2D eigenvalue weighted by molar-refractivity contribution is 7.99. The lowest BCUT2D eigenvalue weighted by atomic mass is 10.2. The van der Waals surface area contributed by atoms with Gasteiger partial charge in [0, 0.05) is 0 Å². The number of H-pyrrole nitrogens is 1. The number of anilines is 2. The average molecular weight is 335 g/mol. The fourth-order valence-corrected chi connectivity index (χ4v) is 2.64. The Bertz CT molecular complexity index is 920. The van der Waals surface area contributed by atoms with Crippen LogP contribution in [0.4, 0.5) is 11.5 Å². The smallest absolute Gasteiger partial charge is 0.289 e. The van der Waals surface area contributed by atoms with Gasteiger partial charge in [-0.1, -0.05) is 23.9 Å². The number of benzene rings is 1. The monoisotopic (exact) mass is 335 g/mol. The Kier molecular flexibility index (Phi) is 5.36. The Balaban J connectivity index is 2.10. The van der Waals surface area contributed by atoms with Crippen molar-refractivity contribution in [1.82, 2.24) is 0 Å². The molecule has 8 heteroatoms. The Morgan fingerprint density at radius 3 is 2.46 bits per heavy atom. The molecule has 0 aliphatic heterocycles. The van der Waals surface area contributed by atoms with Crippen LogP contribution in [0.2, 0.25) is 0 Å². The van der Waals surface area contributed by atoms with Crippen LogP contribution in [0.3, 0.4) is 0 Å². The summed E-state index contributed by atoms with van der Waals surface area (Å²) in [5, 5.41) is 30.1. The van der Waals surface area contributed by atoms with Gasteiger partial charge in [-0.05, 0) is 18.2 Å². The number of carbonyl (C=O) groups excluding carboxylic acids is 1. The quantitative estimate of drug-likeness (QED) is 0.810. The molecule has 4 N–H and O–H groups in total. The molecule has 7 nitrogen and oxygen atoms in total. The molecule has 0 bridgehead atoms. The largest absolute Gasteiger partial charge is 0.324 e. The summed E-state index contributed by atoms with van der Waals surface area (Å²) in [6.45, 7) is 0. The van der Waals surface area contributed by atoms with Crippen LogP contribution in [0.15, 0.2) is 35.4 Å². The third kappa shape index (κ3) is 3.80. The molecule has 0 radical (unpaired) electrons. The summed E-state index contributed by atoms with van der Waals surface area (Å²) in [5.41, 5.74) is 6.88. The van der Waals surface area contributed by atoms with E-state index in [2.05, 4.69) is 10.3 Å². The van der Waals surface area contributed by atoms with E-state index in [0.717, 1.165) is 11.8 Å². The maximum Gasteiger partial charge on any atom is 0.289 e. The SMILES string of the molecule is N#Cc1ccccc1NC(=O)CSc1[nH+]c(N)c(C#N)cc1C#N. The molecule has 1 aromatic carbocycles. The van der Waals surface area contributed by atoms with Crippen LogP contribution < -0.4 is 16.0 Å². The van der Waals surface area contributed by atoms with Gasteiger partial charge in [-0.3, -0.25) is 10.5 Å². The van der Waals surface area contributed by atoms with Crippen molar-refractivity contribution >= 4 is 29.2 Å². The van der Waals surface area contributed by atoms with Crippen LogP contribution in [0.25, 0.3) is 0 Å². The van der Waals surface area contributed by atoms with Crippen LogP contribution in [0.5, 0.6) is 0 Å². The zero-order valence-electron chi connectivity index (χ0n) is 12.3. The van der Waals surface area contributed by atoms with Gasteiger partial charge < -0.3 is 5.32 Å². The van der Waals surface area contributed by atoms with E-state index >= 15 is 0 Å². The number of nitrogens with one attached hydrogen (secondary N) is 2. The van der Waals surface area contributed by atoms with Gasteiger partial charge in [0.1, 0.15) is 29.3 Å². The lowest BCUT2D eigenvalue weighted by molar-refractivity contribution is -0.410. The van der Waals surface area contributed by atoms with Crippen molar-refractivity contribution in [2.45, 2.75) is 5.03 Å². The summed E-state index contributed by atoms with van der Waals surface area (Å²) in [4.78, 5) is 14.8. The van der Waals surface area contributed by atoms with Gasteiger partial charge >= 0.3 is 0 Å². The van der Waals surface area contributed by atoms with Gasteiger partial charge in [-0.2, -0.15) is 15.8 Å². The predicted octanol–water partition coefficient (Wildman–Crippen LogP) is 1.43. The first kappa shape index (κ1) is 16.8. The minimum atomic E-state index is -0.331. The Morgan fingerprint density at radius 1 is 1.12 bits per heavy atom. The first-order valence-electron chi connectivity index (χ1n) is 6.66. The van der Waals surface area contributed by atoms with Gasteiger partial charge in [0.05, 0.1) is 17.0 Å². The second kappa shape index (κ2) is 7.64. The van der Waals surface area contributed by atoms with Gasteiger partial charge in [-0.25, -0.2) is 4.98 Å². The second-order valence-corrected chi connectivity index (χ2v) is 5.54. The number of aromatic nitrogens is 1. The van der Waals surface area contributed by atoms with E-state index in [1.165, 1.54) is 6.07 Å². The second-order valence-electron chi connectivity index (χ2n) is 4.56. The molecule has 1 aromatic heterocycles. The molecule has 1 amide bonds. The van der Waals surface area contributed by atoms with Crippen molar-refractivity contribution in [3.05, 3.63) is 47.0 Å². The van der Waals surface area contributed by atoms with Crippen LogP contribution >= 0.6 is 11.8 Å². The first-order chi connectivity index (χ1) is 11.6. The third-order valence-corrected chi connectivity index (χ3v) is 4.00. The fraction of sp³-hybridized carbons (Fsp3) is 0.0625. The normalized spacial score (nSPS) is 9.38. The van der Waals surface area contributed by atoms with Gasteiger partial charge in [0.2, 0.25) is 5.91 Å². The van der Waals surface area contributed by atoms with Crippen molar-refractivity contribution in [2.75, 3.05) is 16.8 Å². The number of aromatic amines is 1. The molecule has 0 saturated carbocycles. The summed E-state index contributed by atoms with van der Waals surface area (Å²) < 4.78 is 0. The molecule has 0 aliphatic rings. The molecule has 0 unspecified atom stereocenters. The Morgan fingerprint density at radius 2 is 1.79 bits per heavy atom. The summed E-state index contributed by atoms with van der Waals surface area (Å²) in [6.07, 6.45) is 0. The molecule has 0 fully saturated rings. The molecular formula is C16H11N6OS+. The number of nitrogens with zero attached hydrogens (tertiary/aromatic N) is 3. The van der Waals surface area contributed by atoms with Crippen molar-refractivity contribution in [3.63, 3.8) is 0 Å². The van der Waals surface area contributed by atoms with Crippen LogP contribution in [0, 0.1) is 34.0 Å². The van der Waals surface area contributed by atoms with E-state index in [-0.39, 0.29) is 28.6 Å². The van der Waals surface area contributed by atoms with Gasteiger partial charge in [0.25, 0.3) is 5.82 Å². The average Bonchev–Trinajstić information content (AvgIpc) is 2.60. The molecule has 0 aliphatic carbocycles. The number of thioether (sulfide) groups is 1. The summed E-state index contributed by atoms with van der Waals surface area (Å²) in [5.74, 6) is -0.187. The van der Waals surface area contributed by atoms with Crippen LogP contribution in [-0.2, 0) is 4.79 Å². The molecule has 2 rings (SSSR count). The van der Waals surface area contributed by atoms with E-state index in [1.807, 2.05) is 18.2 Å². The highest BCUT2D eigenvalue weighted by Crippen LogP contribution is 2.21. The number of para-hydroxylation sites is 1. The summed E-state index contributed by atoms with van der Waals surface area (Å²) >= 11 is 1.08. The van der Waals surface area contributed by atoms with Crippen LogP contribution in [0.1, 0.15) is 16.7 Å². The van der Waals surface area contributed by atoms with Crippen molar-refractivity contribution in [2.24, 2.45) is 0 Å². The van der Waals surface area contributed by atoms with Crippen LogP contribution in [-0.4, -0.2) is 11.7 Å². The lowest BCUT2D eigenvalue weighted by Gasteiger charge is -2.06. The molecule has 116 valence electrons. The Labute approximate surface area is 142 Å². The number of amides is 1. The first-order valence-corrected chi connectivity index (χ1v) is 7.65. The maximum absolute atomic E-state index is 12.0. The maximum atomic E-state index is 12.0. The summed E-state index contributed by atoms with van der Waals surface area (Å²) in [7, 11) is 0. The molecule has 0 spiro atoms. The van der Waals surface area contributed by atoms with E-state index in [9.17, 15) is 4.79 Å². The van der Waals surface area contributed by atoms with E-state index < -0.39 is 0 Å². The zero-order chi connectivity index (χ0) is 17.5. The highest BCUT2D eigenvalue weighted by Gasteiger charge is 2.16. The predicted molar refractivity (Wildman–Crippen MR) is 87.4 cm³/mol. The molecule has 0 atom stereocenters. The van der Waals surface area contributed by atoms with E-state index in [0.29, 0.717) is 16.3 Å². The highest BCUT2D eigenvalue weighted by atomic mass is 32.2. The number of pyridine rings is 1. The molecule has 0 saturated heterocycles. The standard InChI is InChI=1S/C16H10N6OS/c17-6-10-3-1-2-4-13(10)21-14(23)9-24-16-12(8-19)5-11(7-18)15(20)22-16/h1-5H,9H2,(H2,20,22)(H,21,23)/p+1. The molecular weight excluding hydrogens is 324 g/mol. The molecule has 2 aromatic rings. The van der Waals surface area contributed by atoms with E-state index in [1.54, 1.807) is 24.3 Å². The number of nitriles is 3. The van der Waals surface area contributed by atoms with Crippen molar-refractivity contribution in [1.29, 1.82) is 15.8 Å². The number of hydrogen-bond donors (Lipinski definition) is 2.